The predicted octanol–water partition coefficient (Wildman–Crippen LogP) is 4.24. The smallest absolute Gasteiger partial charge is 0.290 e. The number of nitrogens with zero attached hydrogens (tertiary/aromatic N) is 2. The molecule has 5 aromatic rings. The number of aliphatic hydroxyl groups is 1. The van der Waals surface area contributed by atoms with Gasteiger partial charge in [0.15, 0.2) is 11.3 Å². The molecule has 37 heavy (non-hydrogen) atoms. The van der Waals surface area contributed by atoms with Crippen LogP contribution in [0.5, 0.6) is 0 Å². The molecule has 1 aromatic heterocycles. The molecule has 1 heterocycles. The van der Waals surface area contributed by atoms with Crippen LogP contribution < -0.4 is 10.9 Å². The molecule has 4 aromatic carbocycles. The second-order valence-corrected chi connectivity index (χ2v) is 8.38. The number of amides is 2. The van der Waals surface area contributed by atoms with Crippen molar-refractivity contribution < 1.29 is 14.7 Å². The normalized spacial score (nSPS) is 11.1. The first-order valence-corrected chi connectivity index (χ1v) is 11.7. The van der Waals surface area contributed by atoms with E-state index >= 15 is 0 Å². The zero-order valence-corrected chi connectivity index (χ0v) is 19.8. The molecule has 7 heteroatoms. The first-order chi connectivity index (χ1) is 18.1. The number of carbonyl (C=O) groups excluding carboxylic acids is 2. The largest absolute Gasteiger partial charge is 0.372 e. The number of hydrazine groups is 1. The number of carbonyl (C=O) groups is 2. The van der Waals surface area contributed by atoms with Crippen LogP contribution in [0.15, 0.2) is 127 Å². The molecule has 182 valence electrons. The molecule has 2 amide bonds. The SMILES string of the molecule is O=C(NNC(=O)C(O)(c1ccccc1)c1ccccc1)c1cc(-c2ccccc2)n(-c2ccccc2)n1. The summed E-state index contributed by atoms with van der Waals surface area (Å²) >= 11 is 0. The molecule has 0 atom stereocenters. The zero-order valence-electron chi connectivity index (χ0n) is 19.8. The molecule has 0 aliphatic carbocycles. The lowest BCUT2D eigenvalue weighted by Crippen LogP contribution is -2.52. The monoisotopic (exact) mass is 488 g/mol. The Balaban J connectivity index is 1.43. The second-order valence-electron chi connectivity index (χ2n) is 8.38. The van der Waals surface area contributed by atoms with Crippen LogP contribution in [-0.4, -0.2) is 26.7 Å². The Kier molecular flexibility index (Phi) is 6.61. The number of hydrogen-bond donors (Lipinski definition) is 3. The highest BCUT2D eigenvalue weighted by atomic mass is 16.3. The van der Waals surface area contributed by atoms with E-state index in [2.05, 4.69) is 16.0 Å². The number of para-hydroxylation sites is 1. The van der Waals surface area contributed by atoms with E-state index in [1.165, 1.54) is 0 Å². The maximum absolute atomic E-state index is 13.3. The Morgan fingerprint density at radius 2 is 1.16 bits per heavy atom. The van der Waals surface area contributed by atoms with Gasteiger partial charge >= 0.3 is 0 Å². The van der Waals surface area contributed by atoms with Gasteiger partial charge in [0.2, 0.25) is 0 Å². The molecule has 0 radical (unpaired) electrons. The standard InChI is InChI=1S/C30H24N4O3/c35-28(26-21-27(22-13-5-1-6-14-22)34(33-26)25-19-11-4-12-20-25)31-32-29(36)30(37,23-15-7-2-8-16-23)24-17-9-3-10-18-24/h1-21,37H,(H,31,35)(H,32,36). The molecule has 7 nitrogen and oxygen atoms in total. The summed E-state index contributed by atoms with van der Waals surface area (Å²) in [5, 5.41) is 16.1. The van der Waals surface area contributed by atoms with Gasteiger partial charge in [-0.15, -0.1) is 0 Å². The van der Waals surface area contributed by atoms with Crippen LogP contribution in [-0.2, 0) is 10.4 Å². The van der Waals surface area contributed by atoms with Gasteiger partial charge in [0.25, 0.3) is 11.8 Å². The first-order valence-electron chi connectivity index (χ1n) is 11.7. The average molecular weight is 489 g/mol. The highest BCUT2D eigenvalue weighted by molar-refractivity contribution is 5.97. The number of rotatable bonds is 6. The van der Waals surface area contributed by atoms with E-state index in [0.717, 1.165) is 11.3 Å². The Morgan fingerprint density at radius 3 is 1.70 bits per heavy atom. The van der Waals surface area contributed by atoms with Crippen molar-refractivity contribution in [2.45, 2.75) is 5.60 Å². The molecule has 3 N–H and O–H groups in total. The fourth-order valence-electron chi connectivity index (χ4n) is 4.13. The van der Waals surface area contributed by atoms with Crippen molar-refractivity contribution in [2.75, 3.05) is 0 Å². The van der Waals surface area contributed by atoms with Gasteiger partial charge < -0.3 is 5.11 Å². The van der Waals surface area contributed by atoms with Gasteiger partial charge in [-0.3, -0.25) is 20.4 Å². The lowest BCUT2D eigenvalue weighted by atomic mass is 9.85. The van der Waals surface area contributed by atoms with Crippen LogP contribution in [0.3, 0.4) is 0 Å². The second kappa shape index (κ2) is 10.3. The van der Waals surface area contributed by atoms with E-state index in [1.807, 2.05) is 60.7 Å². The van der Waals surface area contributed by atoms with E-state index in [4.69, 9.17) is 0 Å². The number of nitrogens with one attached hydrogen (secondary N) is 2. The van der Waals surface area contributed by atoms with Crippen molar-refractivity contribution >= 4 is 11.8 Å². The van der Waals surface area contributed by atoms with Gasteiger partial charge in [-0.2, -0.15) is 5.10 Å². The van der Waals surface area contributed by atoms with Crippen LogP contribution in [0.1, 0.15) is 21.6 Å². The fourth-order valence-corrected chi connectivity index (χ4v) is 4.13. The van der Waals surface area contributed by atoms with Gasteiger partial charge in [-0.1, -0.05) is 109 Å². The number of benzene rings is 4. The first kappa shape index (κ1) is 23.7. The van der Waals surface area contributed by atoms with E-state index in [1.54, 1.807) is 71.4 Å². The maximum atomic E-state index is 13.3. The highest BCUT2D eigenvalue weighted by Gasteiger charge is 2.40. The highest BCUT2D eigenvalue weighted by Crippen LogP contribution is 2.30. The molecule has 0 unspecified atom stereocenters. The number of aromatic nitrogens is 2. The van der Waals surface area contributed by atoms with Crippen LogP contribution >= 0.6 is 0 Å². The lowest BCUT2D eigenvalue weighted by Gasteiger charge is -2.28. The average Bonchev–Trinajstić information content (AvgIpc) is 3.43. The molecule has 5 rings (SSSR count). The van der Waals surface area contributed by atoms with Gasteiger partial charge in [-0.05, 0) is 29.3 Å². The van der Waals surface area contributed by atoms with Crippen molar-refractivity contribution in [1.29, 1.82) is 0 Å². The van der Waals surface area contributed by atoms with E-state index in [9.17, 15) is 14.7 Å². The van der Waals surface area contributed by atoms with Crippen LogP contribution in [0.4, 0.5) is 0 Å². The van der Waals surface area contributed by atoms with Crippen molar-refractivity contribution in [3.8, 4) is 16.9 Å². The maximum Gasteiger partial charge on any atom is 0.290 e. The summed E-state index contributed by atoms with van der Waals surface area (Å²) in [6.45, 7) is 0. The lowest BCUT2D eigenvalue weighted by molar-refractivity contribution is -0.137. The molecule has 0 spiro atoms. The van der Waals surface area contributed by atoms with Crippen LogP contribution in [0, 0.1) is 0 Å². The topological polar surface area (TPSA) is 96.3 Å². The minimum Gasteiger partial charge on any atom is -0.372 e. The molecule has 0 aliphatic heterocycles. The summed E-state index contributed by atoms with van der Waals surface area (Å²) in [5.41, 5.74) is 6.00. The van der Waals surface area contributed by atoms with Crippen molar-refractivity contribution in [3.63, 3.8) is 0 Å². The fraction of sp³-hybridized carbons (Fsp3) is 0.0333. The molecule has 0 saturated carbocycles. The Labute approximate surface area is 214 Å². The Bertz CT molecular complexity index is 1410. The third-order valence-electron chi connectivity index (χ3n) is 6.01. The molecule has 0 fully saturated rings. The molecule has 0 saturated heterocycles. The third kappa shape index (κ3) is 4.76. The molecule has 0 aliphatic rings. The number of hydrogen-bond acceptors (Lipinski definition) is 4. The van der Waals surface area contributed by atoms with Crippen LogP contribution in [0.25, 0.3) is 16.9 Å². The predicted molar refractivity (Wildman–Crippen MR) is 140 cm³/mol. The molecule has 0 bridgehead atoms. The van der Waals surface area contributed by atoms with Gasteiger partial charge in [0, 0.05) is 5.56 Å². The summed E-state index contributed by atoms with van der Waals surface area (Å²) in [7, 11) is 0. The minimum absolute atomic E-state index is 0.103. The van der Waals surface area contributed by atoms with Crippen molar-refractivity contribution in [1.82, 2.24) is 20.6 Å². The molecular formula is C30H24N4O3. The quantitative estimate of drug-likeness (QED) is 0.312. The Morgan fingerprint density at radius 1 is 0.676 bits per heavy atom. The summed E-state index contributed by atoms with van der Waals surface area (Å²) in [6, 6.07) is 37.8. The van der Waals surface area contributed by atoms with Gasteiger partial charge in [0.1, 0.15) is 0 Å². The summed E-state index contributed by atoms with van der Waals surface area (Å²) in [6.07, 6.45) is 0. The third-order valence-corrected chi connectivity index (χ3v) is 6.01. The van der Waals surface area contributed by atoms with E-state index in [-0.39, 0.29) is 5.69 Å². The summed E-state index contributed by atoms with van der Waals surface area (Å²) in [5.74, 6) is -1.42. The van der Waals surface area contributed by atoms with Gasteiger partial charge in [0.05, 0.1) is 11.4 Å². The molecular weight excluding hydrogens is 464 g/mol. The summed E-state index contributed by atoms with van der Waals surface area (Å²) in [4.78, 5) is 26.4. The van der Waals surface area contributed by atoms with E-state index in [0.29, 0.717) is 16.8 Å². The van der Waals surface area contributed by atoms with Crippen molar-refractivity contribution in [2.24, 2.45) is 0 Å². The van der Waals surface area contributed by atoms with Crippen molar-refractivity contribution in [3.05, 3.63) is 144 Å². The van der Waals surface area contributed by atoms with Gasteiger partial charge in [-0.25, -0.2) is 4.68 Å². The van der Waals surface area contributed by atoms with Crippen LogP contribution in [0.2, 0.25) is 0 Å². The Hall–Kier alpha value is -5.01. The van der Waals surface area contributed by atoms with E-state index < -0.39 is 17.4 Å². The minimum atomic E-state index is -2.02. The zero-order chi connectivity index (χ0) is 25.7. The summed E-state index contributed by atoms with van der Waals surface area (Å²) < 4.78 is 1.68.